The van der Waals surface area contributed by atoms with Crippen molar-refractivity contribution in [2.45, 2.75) is 38.5 Å². The number of aromatic hydroxyl groups is 1. The molecule has 6 nitrogen and oxygen atoms in total. The maximum absolute atomic E-state index is 13.6. The van der Waals surface area contributed by atoms with E-state index in [2.05, 4.69) is 18.3 Å². The molecule has 2 N–H and O–H groups in total. The average molecular weight is 500 g/mol. The molecule has 0 saturated carbocycles. The SMILES string of the molecule is CCSCCOC(=O)C1=C(C)NC2=C(C(=O)C[C@@H](c3cccs3)C2)[C@H]1c1ccc(O)c(OC)c1. The van der Waals surface area contributed by atoms with Crippen LogP contribution >= 0.6 is 23.1 Å². The maximum atomic E-state index is 13.6. The molecule has 0 spiro atoms. The van der Waals surface area contributed by atoms with E-state index in [1.54, 1.807) is 35.2 Å². The molecular weight excluding hydrogens is 470 g/mol. The van der Waals surface area contributed by atoms with Gasteiger partial charge in [0.25, 0.3) is 0 Å². The minimum Gasteiger partial charge on any atom is -0.504 e. The number of esters is 1. The number of ketones is 1. The van der Waals surface area contributed by atoms with Gasteiger partial charge >= 0.3 is 5.97 Å². The first-order valence-electron chi connectivity index (χ1n) is 11.3. The molecule has 1 aliphatic carbocycles. The topological polar surface area (TPSA) is 84.9 Å². The minimum atomic E-state index is -0.589. The standard InChI is InChI=1S/C26H29NO5S2/c1-4-33-11-9-32-26(30)23-15(2)27-18-12-17(22-6-5-10-34-22)13-20(29)25(18)24(23)16-7-8-19(28)21(14-16)31-3/h5-8,10,14,17,24,27-28H,4,9,11-13H2,1-3H3/t17-,24-/m0/s1. The number of thioether (sulfide) groups is 1. The quantitative estimate of drug-likeness (QED) is 0.385. The molecule has 0 amide bonds. The van der Waals surface area contributed by atoms with Crippen LogP contribution in [0.3, 0.4) is 0 Å². The largest absolute Gasteiger partial charge is 0.504 e. The molecule has 4 rings (SSSR count). The number of dihydropyridines is 1. The molecule has 34 heavy (non-hydrogen) atoms. The van der Waals surface area contributed by atoms with Gasteiger partial charge in [-0.25, -0.2) is 4.79 Å². The lowest BCUT2D eigenvalue weighted by Gasteiger charge is -2.36. The first kappa shape index (κ1) is 24.4. The van der Waals surface area contributed by atoms with Crippen molar-refractivity contribution in [3.8, 4) is 11.5 Å². The lowest BCUT2D eigenvalue weighted by Crippen LogP contribution is -2.36. The normalized spacial score (nSPS) is 20.1. The molecule has 2 heterocycles. The van der Waals surface area contributed by atoms with Gasteiger partial charge in [-0.2, -0.15) is 11.8 Å². The number of hydrogen-bond acceptors (Lipinski definition) is 8. The lowest BCUT2D eigenvalue weighted by atomic mass is 9.72. The van der Waals surface area contributed by atoms with E-state index in [0.29, 0.717) is 47.6 Å². The highest BCUT2D eigenvalue weighted by molar-refractivity contribution is 7.99. The number of phenolic OH excluding ortho intramolecular Hbond substituents is 1. The summed E-state index contributed by atoms with van der Waals surface area (Å²) in [4.78, 5) is 28.0. The summed E-state index contributed by atoms with van der Waals surface area (Å²) in [6, 6.07) is 9.05. The van der Waals surface area contributed by atoms with Crippen LogP contribution in [0.2, 0.25) is 0 Å². The fraction of sp³-hybridized carbons (Fsp3) is 0.385. The monoisotopic (exact) mass is 499 g/mol. The molecule has 8 heteroatoms. The van der Waals surface area contributed by atoms with Gasteiger partial charge in [-0.1, -0.05) is 19.1 Å². The zero-order valence-corrected chi connectivity index (χ0v) is 21.2. The van der Waals surface area contributed by atoms with Gasteiger partial charge in [0.1, 0.15) is 6.61 Å². The van der Waals surface area contributed by atoms with E-state index in [9.17, 15) is 14.7 Å². The number of hydrogen-bond donors (Lipinski definition) is 2. The van der Waals surface area contributed by atoms with Crippen molar-refractivity contribution < 1.29 is 24.2 Å². The minimum absolute atomic E-state index is 0.00327. The van der Waals surface area contributed by atoms with Crippen LogP contribution in [0.25, 0.3) is 0 Å². The highest BCUT2D eigenvalue weighted by Gasteiger charge is 2.41. The summed E-state index contributed by atoms with van der Waals surface area (Å²) in [6.07, 6.45) is 1.08. The number of methoxy groups -OCH3 is 1. The first-order valence-corrected chi connectivity index (χ1v) is 13.4. The Morgan fingerprint density at radius 2 is 2.12 bits per heavy atom. The molecule has 180 valence electrons. The van der Waals surface area contributed by atoms with Crippen LogP contribution in [-0.4, -0.2) is 42.1 Å². The van der Waals surface area contributed by atoms with Gasteiger partial charge in [0.2, 0.25) is 0 Å². The molecule has 2 aromatic rings. The van der Waals surface area contributed by atoms with Crippen molar-refractivity contribution >= 4 is 34.9 Å². The number of rotatable bonds is 8. The number of benzene rings is 1. The Hall–Kier alpha value is -2.71. The van der Waals surface area contributed by atoms with E-state index in [1.165, 1.54) is 18.1 Å². The summed E-state index contributed by atoms with van der Waals surface area (Å²) in [5.74, 6) is 1.07. The van der Waals surface area contributed by atoms with E-state index in [-0.39, 0.29) is 17.5 Å². The van der Waals surface area contributed by atoms with Crippen LogP contribution in [-0.2, 0) is 14.3 Å². The Morgan fingerprint density at radius 1 is 1.29 bits per heavy atom. The summed E-state index contributed by atoms with van der Waals surface area (Å²) < 4.78 is 10.9. The number of carbonyl (C=O) groups is 2. The molecule has 1 aromatic heterocycles. The molecule has 0 fully saturated rings. The first-order chi connectivity index (χ1) is 16.4. The van der Waals surface area contributed by atoms with E-state index in [1.807, 2.05) is 18.4 Å². The summed E-state index contributed by atoms with van der Waals surface area (Å²) in [5.41, 5.74) is 3.27. The van der Waals surface area contributed by atoms with Crippen molar-refractivity contribution in [1.82, 2.24) is 5.32 Å². The van der Waals surface area contributed by atoms with Gasteiger partial charge in [0.05, 0.1) is 12.7 Å². The molecule has 2 aliphatic rings. The smallest absolute Gasteiger partial charge is 0.336 e. The van der Waals surface area contributed by atoms with Crippen molar-refractivity contribution in [2.24, 2.45) is 0 Å². The zero-order valence-electron chi connectivity index (χ0n) is 19.6. The van der Waals surface area contributed by atoms with Gasteiger partial charge in [-0.3, -0.25) is 4.79 Å². The number of allylic oxidation sites excluding steroid dienone is 3. The predicted octanol–water partition coefficient (Wildman–Crippen LogP) is 5.12. The van der Waals surface area contributed by atoms with Crippen molar-refractivity contribution in [3.05, 3.63) is 68.7 Å². The molecule has 0 radical (unpaired) electrons. The Balaban J connectivity index is 1.75. The highest BCUT2D eigenvalue weighted by Crippen LogP contribution is 2.47. The number of phenols is 1. The van der Waals surface area contributed by atoms with E-state index in [4.69, 9.17) is 9.47 Å². The van der Waals surface area contributed by atoms with Crippen LogP contribution in [0.5, 0.6) is 11.5 Å². The van der Waals surface area contributed by atoms with Crippen molar-refractivity contribution in [3.63, 3.8) is 0 Å². The summed E-state index contributed by atoms with van der Waals surface area (Å²) in [5, 5.41) is 15.5. The lowest BCUT2D eigenvalue weighted by molar-refractivity contribution is -0.138. The van der Waals surface area contributed by atoms with Crippen molar-refractivity contribution in [1.29, 1.82) is 0 Å². The summed E-state index contributed by atoms with van der Waals surface area (Å²) in [6.45, 7) is 4.22. The van der Waals surface area contributed by atoms with Crippen LogP contribution < -0.4 is 10.1 Å². The highest BCUT2D eigenvalue weighted by atomic mass is 32.2. The fourth-order valence-electron chi connectivity index (χ4n) is 4.66. The van der Waals surface area contributed by atoms with Crippen LogP contribution in [0.4, 0.5) is 0 Å². The molecule has 1 aliphatic heterocycles. The molecular formula is C26H29NO5S2. The van der Waals surface area contributed by atoms with Crippen molar-refractivity contribution in [2.75, 3.05) is 25.2 Å². The molecule has 0 bridgehead atoms. The number of carbonyl (C=O) groups excluding carboxylic acids is 2. The second-order valence-corrected chi connectivity index (χ2v) is 10.7. The second-order valence-electron chi connectivity index (χ2n) is 8.30. The maximum Gasteiger partial charge on any atom is 0.336 e. The van der Waals surface area contributed by atoms with Gasteiger partial charge in [0.15, 0.2) is 17.3 Å². The van der Waals surface area contributed by atoms with Gasteiger partial charge in [-0.05, 0) is 48.2 Å². The third-order valence-corrected chi connectivity index (χ3v) is 8.09. The summed E-state index contributed by atoms with van der Waals surface area (Å²) in [7, 11) is 1.48. The molecule has 1 aromatic carbocycles. The Bertz CT molecular complexity index is 1140. The zero-order chi connectivity index (χ0) is 24.2. The van der Waals surface area contributed by atoms with Crippen LogP contribution in [0.1, 0.15) is 49.0 Å². The third kappa shape index (κ3) is 4.88. The Labute approximate surface area is 208 Å². The van der Waals surface area contributed by atoms with Crippen LogP contribution in [0, 0.1) is 0 Å². The van der Waals surface area contributed by atoms with Gasteiger partial charge in [-0.15, -0.1) is 11.3 Å². The van der Waals surface area contributed by atoms with E-state index < -0.39 is 11.9 Å². The van der Waals surface area contributed by atoms with Crippen LogP contribution in [0.15, 0.2) is 58.3 Å². The third-order valence-electron chi connectivity index (χ3n) is 6.20. The fourth-order valence-corrected chi connectivity index (χ4v) is 5.98. The number of ether oxygens (including phenoxy) is 2. The Kier molecular flexibility index (Phi) is 7.68. The molecule has 0 unspecified atom stereocenters. The Morgan fingerprint density at radius 3 is 2.82 bits per heavy atom. The number of nitrogens with one attached hydrogen (secondary N) is 1. The second kappa shape index (κ2) is 10.7. The molecule has 2 atom stereocenters. The summed E-state index contributed by atoms with van der Waals surface area (Å²) >= 11 is 3.36. The van der Waals surface area contributed by atoms with E-state index in [0.717, 1.165) is 17.2 Å². The van der Waals surface area contributed by atoms with E-state index >= 15 is 0 Å². The van der Waals surface area contributed by atoms with Gasteiger partial charge in [0, 0.05) is 45.9 Å². The molecule has 0 saturated heterocycles. The predicted molar refractivity (Wildman–Crippen MR) is 136 cm³/mol. The average Bonchev–Trinajstić information content (AvgIpc) is 3.36. The number of thiophene rings is 1. The number of Topliss-reactive ketones (excluding diaryl/α,β-unsaturated/α-hetero) is 1. The van der Waals surface area contributed by atoms with Gasteiger partial charge < -0.3 is 19.9 Å².